The molecule has 1 aromatic carbocycles. The lowest BCUT2D eigenvalue weighted by Crippen LogP contribution is -2.42. The van der Waals surface area contributed by atoms with Crippen LogP contribution in [0.5, 0.6) is 0 Å². The number of amides is 1. The molecule has 8 heteroatoms. The van der Waals surface area contributed by atoms with E-state index in [9.17, 15) is 32.3 Å². The van der Waals surface area contributed by atoms with Gasteiger partial charge in [-0.25, -0.2) is 4.39 Å². The van der Waals surface area contributed by atoms with E-state index < -0.39 is 46.5 Å². The first-order valence-corrected chi connectivity index (χ1v) is 12.8. The van der Waals surface area contributed by atoms with Gasteiger partial charge in [0.05, 0.1) is 22.9 Å². The van der Waals surface area contributed by atoms with Crippen molar-refractivity contribution in [3.05, 3.63) is 29.6 Å². The number of hydrogen-bond donors (Lipinski definition) is 2. The molecule has 3 aliphatic rings. The second-order valence-corrected chi connectivity index (χ2v) is 11.3. The zero-order chi connectivity index (χ0) is 25.6. The van der Waals surface area contributed by atoms with Crippen molar-refractivity contribution in [3.8, 4) is 0 Å². The smallest absolute Gasteiger partial charge is 0.392 e. The fourth-order valence-corrected chi connectivity index (χ4v) is 6.51. The predicted molar refractivity (Wildman–Crippen MR) is 124 cm³/mol. The highest BCUT2D eigenvalue weighted by atomic mass is 19.4. The number of fused-ring (bicyclic) bond motifs is 1. The standard InChI is InChI=1S/C27H35F4NO3/c1-3-17-5-4-10-26(15-19(26)8-6-17)22(16(2)27(29,30)31)23(33)32-21-13-18(7-9-20(21)28)14-25(11-12-25)24(34)35/h7,9,13,16-17,19,22H,3-6,8,10-12,14-15H2,1-2H3,(H,32,33)(H,34,35). The topological polar surface area (TPSA) is 66.4 Å². The number of benzene rings is 1. The highest BCUT2D eigenvalue weighted by molar-refractivity contribution is 5.94. The van der Waals surface area contributed by atoms with Gasteiger partial charge in [-0.05, 0) is 73.5 Å². The first kappa shape index (κ1) is 26.0. The zero-order valence-electron chi connectivity index (χ0n) is 20.4. The number of anilines is 1. The summed E-state index contributed by atoms with van der Waals surface area (Å²) in [6, 6.07) is 3.99. The van der Waals surface area contributed by atoms with E-state index in [1.807, 2.05) is 0 Å². The van der Waals surface area contributed by atoms with Gasteiger partial charge in [-0.2, -0.15) is 13.2 Å². The second-order valence-electron chi connectivity index (χ2n) is 11.3. The third-order valence-electron chi connectivity index (χ3n) is 9.09. The Balaban J connectivity index is 1.57. The summed E-state index contributed by atoms with van der Waals surface area (Å²) < 4.78 is 56.5. The van der Waals surface area contributed by atoms with E-state index in [4.69, 9.17) is 0 Å². The van der Waals surface area contributed by atoms with Crippen molar-refractivity contribution in [2.45, 2.75) is 84.2 Å². The number of hydrogen-bond acceptors (Lipinski definition) is 2. The Morgan fingerprint density at radius 3 is 2.49 bits per heavy atom. The van der Waals surface area contributed by atoms with Gasteiger partial charge in [0.1, 0.15) is 5.82 Å². The summed E-state index contributed by atoms with van der Waals surface area (Å²) in [4.78, 5) is 25.0. The van der Waals surface area contributed by atoms with Gasteiger partial charge in [0.2, 0.25) is 5.91 Å². The number of carbonyl (C=O) groups is 2. The van der Waals surface area contributed by atoms with Crippen LogP contribution in [0, 0.1) is 40.3 Å². The Morgan fingerprint density at radius 1 is 1.17 bits per heavy atom. The Labute approximate surface area is 203 Å². The summed E-state index contributed by atoms with van der Waals surface area (Å²) in [5.74, 6) is -4.92. The number of carboxylic acids is 1. The zero-order valence-corrected chi connectivity index (χ0v) is 20.4. The molecule has 2 N–H and O–H groups in total. The predicted octanol–water partition coefficient (Wildman–Crippen LogP) is 6.98. The molecule has 4 nitrogen and oxygen atoms in total. The van der Waals surface area contributed by atoms with Crippen LogP contribution in [-0.4, -0.2) is 23.2 Å². The molecule has 0 radical (unpaired) electrons. The van der Waals surface area contributed by atoms with Gasteiger partial charge < -0.3 is 10.4 Å². The summed E-state index contributed by atoms with van der Waals surface area (Å²) in [7, 11) is 0. The van der Waals surface area contributed by atoms with Gasteiger partial charge >= 0.3 is 12.1 Å². The maximum atomic E-state index is 14.6. The summed E-state index contributed by atoms with van der Waals surface area (Å²) >= 11 is 0. The molecule has 0 aliphatic heterocycles. The number of aliphatic carboxylic acids is 1. The molecule has 0 heterocycles. The SMILES string of the molecule is CCC1CCCC2(C(C(=O)Nc3cc(CC4(C(=O)O)CC4)ccc3F)C(C)C(F)(F)F)CC2CC1. The quantitative estimate of drug-likeness (QED) is 0.381. The van der Waals surface area contributed by atoms with E-state index in [0.29, 0.717) is 37.2 Å². The van der Waals surface area contributed by atoms with Gasteiger partial charge in [-0.15, -0.1) is 0 Å². The lowest BCUT2D eigenvalue weighted by molar-refractivity contribution is -0.193. The Hall–Kier alpha value is -2.12. The van der Waals surface area contributed by atoms with Gasteiger partial charge in [0.25, 0.3) is 0 Å². The van der Waals surface area contributed by atoms with Gasteiger partial charge in [-0.1, -0.05) is 45.6 Å². The molecule has 1 amide bonds. The first-order valence-electron chi connectivity index (χ1n) is 12.8. The van der Waals surface area contributed by atoms with Crippen LogP contribution in [0.1, 0.15) is 77.2 Å². The van der Waals surface area contributed by atoms with Crippen LogP contribution >= 0.6 is 0 Å². The summed E-state index contributed by atoms with van der Waals surface area (Å²) in [5.41, 5.74) is -1.21. The molecule has 3 aliphatic carbocycles. The lowest BCUT2D eigenvalue weighted by atomic mass is 9.72. The van der Waals surface area contributed by atoms with E-state index in [2.05, 4.69) is 12.2 Å². The number of halogens is 4. The Bertz CT molecular complexity index is 974. The molecule has 35 heavy (non-hydrogen) atoms. The van der Waals surface area contributed by atoms with Gasteiger partial charge in [-0.3, -0.25) is 9.59 Å². The maximum absolute atomic E-state index is 14.6. The minimum absolute atomic E-state index is 0.0823. The summed E-state index contributed by atoms with van der Waals surface area (Å²) in [6.45, 7) is 3.21. The molecule has 5 unspecified atom stereocenters. The largest absolute Gasteiger partial charge is 0.481 e. The van der Waals surface area contributed by atoms with E-state index in [1.54, 1.807) is 0 Å². The monoisotopic (exact) mass is 497 g/mol. The van der Waals surface area contributed by atoms with E-state index in [-0.39, 0.29) is 18.0 Å². The molecule has 0 aromatic heterocycles. The number of carboxylic acid groups (broad SMARTS) is 1. The van der Waals surface area contributed by atoms with Crippen molar-refractivity contribution < 1.29 is 32.3 Å². The minimum atomic E-state index is -4.54. The third kappa shape index (κ3) is 5.21. The molecular weight excluding hydrogens is 462 g/mol. The van der Waals surface area contributed by atoms with Crippen molar-refractivity contribution >= 4 is 17.6 Å². The normalized spacial score (nSPS) is 29.2. The van der Waals surface area contributed by atoms with Crippen molar-refractivity contribution in [1.29, 1.82) is 0 Å². The summed E-state index contributed by atoms with van der Waals surface area (Å²) in [6.07, 6.45) is 2.49. The number of rotatable bonds is 8. The van der Waals surface area contributed by atoms with Crippen molar-refractivity contribution in [1.82, 2.24) is 0 Å². The fourth-order valence-electron chi connectivity index (χ4n) is 6.51. The van der Waals surface area contributed by atoms with E-state index in [0.717, 1.165) is 45.1 Å². The average molecular weight is 498 g/mol. The van der Waals surface area contributed by atoms with Crippen LogP contribution in [0.25, 0.3) is 0 Å². The van der Waals surface area contributed by atoms with E-state index >= 15 is 0 Å². The fraction of sp³-hybridized carbons (Fsp3) is 0.704. The molecule has 4 rings (SSSR count). The van der Waals surface area contributed by atoms with Crippen LogP contribution in [0.2, 0.25) is 0 Å². The van der Waals surface area contributed by atoms with Crippen LogP contribution in [0.15, 0.2) is 18.2 Å². The number of carbonyl (C=O) groups excluding carboxylic acids is 1. The van der Waals surface area contributed by atoms with Crippen LogP contribution < -0.4 is 5.32 Å². The van der Waals surface area contributed by atoms with Crippen LogP contribution in [0.4, 0.5) is 23.2 Å². The highest BCUT2D eigenvalue weighted by Gasteiger charge is 2.64. The lowest BCUT2D eigenvalue weighted by Gasteiger charge is -2.35. The van der Waals surface area contributed by atoms with Crippen molar-refractivity contribution in [2.24, 2.45) is 34.5 Å². The molecular formula is C27H35F4NO3. The van der Waals surface area contributed by atoms with Gasteiger partial charge in [0.15, 0.2) is 0 Å². The number of alkyl halides is 3. The van der Waals surface area contributed by atoms with Crippen LogP contribution in [0.3, 0.4) is 0 Å². The average Bonchev–Trinajstić information content (AvgIpc) is 3.68. The van der Waals surface area contributed by atoms with Crippen molar-refractivity contribution in [3.63, 3.8) is 0 Å². The molecule has 1 aromatic rings. The molecule has 3 saturated carbocycles. The third-order valence-corrected chi connectivity index (χ3v) is 9.09. The highest BCUT2D eigenvalue weighted by Crippen LogP contribution is 2.67. The molecule has 0 spiro atoms. The molecule has 194 valence electrons. The minimum Gasteiger partial charge on any atom is -0.481 e. The summed E-state index contributed by atoms with van der Waals surface area (Å²) in [5, 5.41) is 11.9. The second kappa shape index (κ2) is 9.40. The molecule has 5 atom stereocenters. The van der Waals surface area contributed by atoms with Gasteiger partial charge in [0, 0.05) is 0 Å². The van der Waals surface area contributed by atoms with Crippen LogP contribution in [-0.2, 0) is 16.0 Å². The number of nitrogens with one attached hydrogen (secondary N) is 1. The van der Waals surface area contributed by atoms with E-state index in [1.165, 1.54) is 12.1 Å². The molecule has 0 saturated heterocycles. The first-order chi connectivity index (χ1) is 16.4. The molecule has 0 bridgehead atoms. The Kier molecular flexibility index (Phi) is 6.97. The maximum Gasteiger partial charge on any atom is 0.392 e. The molecule has 3 fully saturated rings. The van der Waals surface area contributed by atoms with Crippen molar-refractivity contribution in [2.75, 3.05) is 5.32 Å². The Morgan fingerprint density at radius 2 is 1.89 bits per heavy atom.